The van der Waals surface area contributed by atoms with Crippen LogP contribution in [0.15, 0.2) is 46.9 Å². The summed E-state index contributed by atoms with van der Waals surface area (Å²) in [5.74, 6) is 0.718. The number of nitrogens with one attached hydrogen (secondary N) is 1. The zero-order chi connectivity index (χ0) is 14.4. The number of ether oxygens (including phenoxy) is 1. The van der Waals surface area contributed by atoms with E-state index in [4.69, 9.17) is 10.00 Å². The molecular formula is C16H15BrN2O. The molecule has 20 heavy (non-hydrogen) atoms. The SMILES string of the molecule is Cc1cc(Br)ccc1NCc1ccc(OCC#N)cc1. The van der Waals surface area contributed by atoms with Crippen LogP contribution in [-0.2, 0) is 6.54 Å². The Hall–Kier alpha value is -1.99. The normalized spacial score (nSPS) is 9.85. The first-order valence-corrected chi connectivity index (χ1v) is 7.07. The van der Waals surface area contributed by atoms with Crippen LogP contribution in [0.1, 0.15) is 11.1 Å². The second-order valence-corrected chi connectivity index (χ2v) is 5.32. The van der Waals surface area contributed by atoms with Crippen LogP contribution in [0.25, 0.3) is 0 Å². The molecule has 0 aliphatic rings. The van der Waals surface area contributed by atoms with E-state index in [1.807, 2.05) is 36.4 Å². The molecule has 0 unspecified atom stereocenters. The number of hydrogen-bond acceptors (Lipinski definition) is 3. The lowest BCUT2D eigenvalue weighted by atomic mass is 10.1. The molecule has 0 aliphatic heterocycles. The number of nitrogens with zero attached hydrogens (tertiary/aromatic N) is 1. The maximum atomic E-state index is 8.45. The predicted octanol–water partition coefficient (Wildman–Crippen LogP) is 4.27. The molecule has 0 amide bonds. The molecule has 0 atom stereocenters. The monoisotopic (exact) mass is 330 g/mol. The largest absolute Gasteiger partial charge is 0.479 e. The first kappa shape index (κ1) is 14.4. The lowest BCUT2D eigenvalue weighted by Crippen LogP contribution is -2.01. The summed E-state index contributed by atoms with van der Waals surface area (Å²) < 4.78 is 6.30. The minimum absolute atomic E-state index is 0.0791. The van der Waals surface area contributed by atoms with Gasteiger partial charge in [-0.15, -0.1) is 0 Å². The quantitative estimate of drug-likeness (QED) is 0.890. The third kappa shape index (κ3) is 4.01. The lowest BCUT2D eigenvalue weighted by Gasteiger charge is -2.10. The zero-order valence-electron chi connectivity index (χ0n) is 11.2. The molecule has 2 aromatic carbocycles. The fourth-order valence-electron chi connectivity index (χ4n) is 1.84. The molecule has 1 N–H and O–H groups in total. The van der Waals surface area contributed by atoms with Gasteiger partial charge in [0.25, 0.3) is 0 Å². The van der Waals surface area contributed by atoms with Crippen molar-refractivity contribution in [1.29, 1.82) is 5.26 Å². The highest BCUT2D eigenvalue weighted by atomic mass is 79.9. The Morgan fingerprint density at radius 3 is 2.60 bits per heavy atom. The molecular weight excluding hydrogens is 316 g/mol. The van der Waals surface area contributed by atoms with E-state index in [1.165, 1.54) is 5.56 Å². The van der Waals surface area contributed by atoms with Gasteiger partial charge in [0.15, 0.2) is 6.61 Å². The van der Waals surface area contributed by atoms with Crippen LogP contribution in [0.2, 0.25) is 0 Å². The van der Waals surface area contributed by atoms with E-state index in [-0.39, 0.29) is 6.61 Å². The van der Waals surface area contributed by atoms with Crippen molar-refractivity contribution in [2.75, 3.05) is 11.9 Å². The smallest absolute Gasteiger partial charge is 0.174 e. The second kappa shape index (κ2) is 6.97. The molecule has 4 heteroatoms. The average Bonchev–Trinajstić information content (AvgIpc) is 2.45. The number of aryl methyl sites for hydroxylation is 1. The van der Waals surface area contributed by atoms with Gasteiger partial charge in [-0.25, -0.2) is 0 Å². The van der Waals surface area contributed by atoms with E-state index in [9.17, 15) is 0 Å². The number of nitriles is 1. The summed E-state index contributed by atoms with van der Waals surface area (Å²) >= 11 is 3.46. The zero-order valence-corrected chi connectivity index (χ0v) is 12.8. The number of rotatable bonds is 5. The van der Waals surface area contributed by atoms with Crippen molar-refractivity contribution < 1.29 is 4.74 Å². The summed E-state index contributed by atoms with van der Waals surface area (Å²) in [6.45, 7) is 2.91. The van der Waals surface area contributed by atoms with Crippen LogP contribution < -0.4 is 10.1 Å². The van der Waals surface area contributed by atoms with Crippen molar-refractivity contribution >= 4 is 21.6 Å². The summed E-state index contributed by atoms with van der Waals surface area (Å²) in [4.78, 5) is 0. The fourth-order valence-corrected chi connectivity index (χ4v) is 2.32. The van der Waals surface area contributed by atoms with Crippen molar-refractivity contribution in [3.63, 3.8) is 0 Å². The second-order valence-electron chi connectivity index (χ2n) is 4.40. The molecule has 0 saturated heterocycles. The Morgan fingerprint density at radius 1 is 1.20 bits per heavy atom. The molecule has 0 bridgehead atoms. The summed E-state index contributed by atoms with van der Waals surface area (Å²) in [5, 5.41) is 11.9. The molecule has 2 aromatic rings. The van der Waals surface area contributed by atoms with Gasteiger partial charge in [-0.2, -0.15) is 5.26 Å². The molecule has 0 aromatic heterocycles. The van der Waals surface area contributed by atoms with Crippen molar-refractivity contribution in [2.24, 2.45) is 0 Å². The van der Waals surface area contributed by atoms with Gasteiger partial charge in [0.05, 0.1) is 0 Å². The van der Waals surface area contributed by atoms with Gasteiger partial charge in [0.2, 0.25) is 0 Å². The van der Waals surface area contributed by atoms with Crippen LogP contribution in [0.4, 0.5) is 5.69 Å². The van der Waals surface area contributed by atoms with Crippen LogP contribution >= 0.6 is 15.9 Å². The number of halogens is 1. The Morgan fingerprint density at radius 2 is 1.95 bits per heavy atom. The van der Waals surface area contributed by atoms with Crippen molar-refractivity contribution in [3.8, 4) is 11.8 Å². The standard InChI is InChI=1S/C16H15BrN2O/c1-12-10-14(17)4-7-16(12)19-11-13-2-5-15(6-3-13)20-9-8-18/h2-7,10,19H,9,11H2,1H3. The van der Waals surface area contributed by atoms with Gasteiger partial charge < -0.3 is 10.1 Å². The minimum atomic E-state index is 0.0791. The van der Waals surface area contributed by atoms with Crippen molar-refractivity contribution in [1.82, 2.24) is 0 Å². The van der Waals surface area contributed by atoms with Crippen molar-refractivity contribution in [3.05, 3.63) is 58.1 Å². The molecule has 0 saturated carbocycles. The van der Waals surface area contributed by atoms with Crippen LogP contribution in [0.3, 0.4) is 0 Å². The Bertz CT molecular complexity index is 617. The first-order chi connectivity index (χ1) is 9.69. The Balaban J connectivity index is 1.95. The van der Waals surface area contributed by atoms with Gasteiger partial charge in [0.1, 0.15) is 11.8 Å². The fraction of sp³-hybridized carbons (Fsp3) is 0.188. The molecule has 0 heterocycles. The number of anilines is 1. The minimum Gasteiger partial charge on any atom is -0.479 e. The molecule has 0 spiro atoms. The number of benzene rings is 2. The maximum Gasteiger partial charge on any atom is 0.174 e. The van der Waals surface area contributed by atoms with Crippen molar-refractivity contribution in [2.45, 2.75) is 13.5 Å². The van der Waals surface area contributed by atoms with Gasteiger partial charge in [-0.1, -0.05) is 28.1 Å². The molecule has 2 rings (SSSR count). The summed E-state index contributed by atoms with van der Waals surface area (Å²) in [6.07, 6.45) is 0. The predicted molar refractivity (Wildman–Crippen MR) is 83.8 cm³/mol. The third-order valence-corrected chi connectivity index (χ3v) is 3.39. The van der Waals surface area contributed by atoms with Gasteiger partial charge >= 0.3 is 0 Å². The summed E-state index contributed by atoms with van der Waals surface area (Å²) in [6, 6.07) is 15.9. The van der Waals surface area contributed by atoms with Gasteiger partial charge in [-0.3, -0.25) is 0 Å². The Kier molecular flexibility index (Phi) is 5.03. The van der Waals surface area contributed by atoms with Gasteiger partial charge in [0, 0.05) is 16.7 Å². The van der Waals surface area contributed by atoms with E-state index < -0.39 is 0 Å². The molecule has 0 aliphatic carbocycles. The van der Waals surface area contributed by atoms with Crippen LogP contribution in [0, 0.1) is 18.3 Å². The van der Waals surface area contributed by atoms with E-state index >= 15 is 0 Å². The highest BCUT2D eigenvalue weighted by Gasteiger charge is 2.00. The topological polar surface area (TPSA) is 45.0 Å². The summed E-state index contributed by atoms with van der Waals surface area (Å²) in [5.41, 5.74) is 3.49. The summed E-state index contributed by atoms with van der Waals surface area (Å²) in [7, 11) is 0. The van der Waals surface area contributed by atoms with E-state index in [0.29, 0.717) is 0 Å². The number of hydrogen-bond donors (Lipinski definition) is 1. The highest BCUT2D eigenvalue weighted by molar-refractivity contribution is 9.10. The molecule has 3 nitrogen and oxygen atoms in total. The molecule has 0 fully saturated rings. The van der Waals surface area contributed by atoms with E-state index in [0.717, 1.165) is 28.0 Å². The third-order valence-electron chi connectivity index (χ3n) is 2.90. The molecule has 102 valence electrons. The van der Waals surface area contributed by atoms with E-state index in [2.05, 4.69) is 40.3 Å². The maximum absolute atomic E-state index is 8.45. The lowest BCUT2D eigenvalue weighted by molar-refractivity contribution is 0.368. The highest BCUT2D eigenvalue weighted by Crippen LogP contribution is 2.21. The van der Waals surface area contributed by atoms with E-state index in [1.54, 1.807) is 0 Å². The van der Waals surface area contributed by atoms with Crippen LogP contribution in [-0.4, -0.2) is 6.61 Å². The Labute approximate surface area is 127 Å². The van der Waals surface area contributed by atoms with Gasteiger partial charge in [-0.05, 0) is 48.4 Å². The average molecular weight is 331 g/mol. The first-order valence-electron chi connectivity index (χ1n) is 6.28. The van der Waals surface area contributed by atoms with Crippen LogP contribution in [0.5, 0.6) is 5.75 Å². The molecule has 0 radical (unpaired) electrons.